The number of allylic oxidation sites excluding steroid dienone is 3. The Morgan fingerprint density at radius 3 is 1.29 bits per heavy atom. The van der Waals surface area contributed by atoms with E-state index in [0.29, 0.717) is 19.4 Å². The molecule has 0 aliphatic heterocycles. The zero-order valence-corrected chi connectivity index (χ0v) is 36.7. The molecule has 2 unspecified atom stereocenters. The highest BCUT2D eigenvalue weighted by molar-refractivity contribution is 5.76. The van der Waals surface area contributed by atoms with E-state index in [1.54, 1.807) is 6.08 Å². The third-order valence-corrected chi connectivity index (χ3v) is 11.0. The monoisotopic (exact) mass is 776 g/mol. The zero-order chi connectivity index (χ0) is 40.1. The number of aliphatic hydroxyl groups excluding tert-OH is 2. The summed E-state index contributed by atoms with van der Waals surface area (Å²) in [6, 6.07) is -0.642. The minimum absolute atomic E-state index is 0.0247. The lowest BCUT2D eigenvalue weighted by Crippen LogP contribution is -2.45. The van der Waals surface area contributed by atoms with Gasteiger partial charge in [0.1, 0.15) is 0 Å². The maximum Gasteiger partial charge on any atom is 0.305 e. The predicted octanol–water partition coefficient (Wildman–Crippen LogP) is 14.0. The Morgan fingerprint density at radius 1 is 0.491 bits per heavy atom. The van der Waals surface area contributed by atoms with Gasteiger partial charge in [-0.3, -0.25) is 9.59 Å². The first kappa shape index (κ1) is 53.3. The molecular formula is C49H93NO5. The van der Waals surface area contributed by atoms with Crippen LogP contribution in [0.4, 0.5) is 0 Å². The molecular weight excluding hydrogens is 683 g/mol. The SMILES string of the molecule is CCCCCCCCC/C=C\CCCCCCCCCC(=O)OCCCCCCCCCCCCC(=O)NC(CO)C(O)/C=C/CCCCCCCCCC. The first-order valence-electron chi connectivity index (χ1n) is 24.1. The van der Waals surface area contributed by atoms with Gasteiger partial charge >= 0.3 is 5.97 Å². The van der Waals surface area contributed by atoms with Gasteiger partial charge in [0.05, 0.1) is 25.4 Å². The summed E-state index contributed by atoms with van der Waals surface area (Å²) in [5.74, 6) is -0.118. The largest absolute Gasteiger partial charge is 0.466 e. The van der Waals surface area contributed by atoms with Crippen molar-refractivity contribution in [2.75, 3.05) is 13.2 Å². The second kappa shape index (κ2) is 45.0. The van der Waals surface area contributed by atoms with E-state index in [-0.39, 0.29) is 18.5 Å². The highest BCUT2D eigenvalue weighted by atomic mass is 16.5. The topological polar surface area (TPSA) is 95.9 Å². The summed E-state index contributed by atoms with van der Waals surface area (Å²) in [7, 11) is 0. The lowest BCUT2D eigenvalue weighted by molar-refractivity contribution is -0.143. The molecule has 324 valence electrons. The molecule has 0 heterocycles. The van der Waals surface area contributed by atoms with E-state index in [1.807, 2.05) is 6.08 Å². The van der Waals surface area contributed by atoms with Crippen molar-refractivity contribution in [1.29, 1.82) is 0 Å². The number of rotatable bonds is 44. The standard InChI is InChI=1S/C49H93NO5/c1-3-5-7-9-11-13-15-16-17-18-19-20-21-22-27-31-35-39-43-49(54)55-44-40-36-32-28-24-23-26-30-34-38-42-48(53)50-46(45-51)47(52)41-37-33-29-25-14-12-10-8-6-4-2/h17-18,37,41,46-47,51-52H,3-16,19-36,38-40,42-45H2,1-2H3,(H,50,53)/b18-17-,41-37+. The fraction of sp³-hybridized carbons (Fsp3) is 0.878. The van der Waals surface area contributed by atoms with Crippen LogP contribution < -0.4 is 5.32 Å². The third-order valence-electron chi connectivity index (χ3n) is 11.0. The number of carbonyl (C=O) groups excluding carboxylic acids is 2. The molecule has 0 saturated heterocycles. The molecule has 6 nitrogen and oxygen atoms in total. The van der Waals surface area contributed by atoms with E-state index in [2.05, 4.69) is 31.3 Å². The summed E-state index contributed by atoms with van der Waals surface area (Å²) in [5.41, 5.74) is 0. The van der Waals surface area contributed by atoms with Crippen molar-refractivity contribution >= 4 is 11.9 Å². The van der Waals surface area contributed by atoms with Gasteiger partial charge in [0, 0.05) is 12.8 Å². The molecule has 6 heteroatoms. The van der Waals surface area contributed by atoms with Crippen LogP contribution in [0, 0.1) is 0 Å². The molecule has 0 saturated carbocycles. The van der Waals surface area contributed by atoms with Gasteiger partial charge < -0.3 is 20.3 Å². The lowest BCUT2D eigenvalue weighted by atomic mass is 10.1. The van der Waals surface area contributed by atoms with E-state index in [1.165, 1.54) is 167 Å². The highest BCUT2D eigenvalue weighted by Crippen LogP contribution is 2.15. The van der Waals surface area contributed by atoms with Crippen molar-refractivity contribution in [1.82, 2.24) is 5.32 Å². The van der Waals surface area contributed by atoms with Crippen molar-refractivity contribution < 1.29 is 24.5 Å². The van der Waals surface area contributed by atoms with Crippen LogP contribution in [0.3, 0.4) is 0 Å². The number of hydrogen-bond donors (Lipinski definition) is 3. The molecule has 0 aromatic rings. The van der Waals surface area contributed by atoms with Gasteiger partial charge in [0.25, 0.3) is 0 Å². The van der Waals surface area contributed by atoms with Crippen LogP contribution in [-0.4, -0.2) is 47.4 Å². The quantitative estimate of drug-likeness (QED) is 0.0325. The predicted molar refractivity (Wildman–Crippen MR) is 236 cm³/mol. The fourth-order valence-electron chi connectivity index (χ4n) is 7.21. The van der Waals surface area contributed by atoms with E-state index >= 15 is 0 Å². The Kier molecular flexibility index (Phi) is 43.7. The number of unbranched alkanes of at least 4 members (excludes halogenated alkanes) is 31. The molecule has 0 rings (SSSR count). The Hall–Kier alpha value is -1.66. The van der Waals surface area contributed by atoms with Gasteiger partial charge in [-0.25, -0.2) is 0 Å². The van der Waals surface area contributed by atoms with E-state index in [9.17, 15) is 19.8 Å². The van der Waals surface area contributed by atoms with Gasteiger partial charge in [0.2, 0.25) is 5.91 Å². The average Bonchev–Trinajstić information content (AvgIpc) is 3.18. The highest BCUT2D eigenvalue weighted by Gasteiger charge is 2.18. The van der Waals surface area contributed by atoms with Crippen LogP contribution in [0.25, 0.3) is 0 Å². The summed E-state index contributed by atoms with van der Waals surface area (Å²) < 4.78 is 5.45. The lowest BCUT2D eigenvalue weighted by Gasteiger charge is -2.20. The molecule has 0 spiro atoms. The van der Waals surface area contributed by atoms with Crippen molar-refractivity contribution in [3.63, 3.8) is 0 Å². The van der Waals surface area contributed by atoms with Gasteiger partial charge in [-0.15, -0.1) is 0 Å². The van der Waals surface area contributed by atoms with Crippen LogP contribution in [0.2, 0.25) is 0 Å². The molecule has 0 aliphatic carbocycles. The molecule has 3 N–H and O–H groups in total. The molecule has 0 aromatic carbocycles. The number of hydrogen-bond acceptors (Lipinski definition) is 5. The number of nitrogens with one attached hydrogen (secondary N) is 1. The number of ether oxygens (including phenoxy) is 1. The van der Waals surface area contributed by atoms with E-state index in [4.69, 9.17) is 4.74 Å². The van der Waals surface area contributed by atoms with Crippen LogP contribution >= 0.6 is 0 Å². The minimum atomic E-state index is -0.857. The number of esters is 1. The van der Waals surface area contributed by atoms with Crippen molar-refractivity contribution in [2.24, 2.45) is 0 Å². The molecule has 1 amide bonds. The summed E-state index contributed by atoms with van der Waals surface area (Å²) in [6.07, 6.45) is 51.7. The molecule has 0 bridgehead atoms. The minimum Gasteiger partial charge on any atom is -0.466 e. The Balaban J connectivity index is 3.48. The van der Waals surface area contributed by atoms with Crippen molar-refractivity contribution in [3.8, 4) is 0 Å². The summed E-state index contributed by atoms with van der Waals surface area (Å²) in [5, 5.41) is 22.9. The van der Waals surface area contributed by atoms with E-state index < -0.39 is 12.1 Å². The summed E-state index contributed by atoms with van der Waals surface area (Å²) in [6.45, 7) is 4.82. The third kappa shape index (κ3) is 41.8. The summed E-state index contributed by atoms with van der Waals surface area (Å²) in [4.78, 5) is 24.4. The number of carbonyl (C=O) groups is 2. The Bertz CT molecular complexity index is 858. The smallest absolute Gasteiger partial charge is 0.305 e. The average molecular weight is 776 g/mol. The second-order valence-electron chi connectivity index (χ2n) is 16.4. The van der Waals surface area contributed by atoms with Crippen LogP contribution in [0.1, 0.15) is 251 Å². The van der Waals surface area contributed by atoms with Crippen LogP contribution in [0.15, 0.2) is 24.3 Å². The molecule has 0 aliphatic rings. The zero-order valence-electron chi connectivity index (χ0n) is 36.7. The first-order chi connectivity index (χ1) is 27.0. The maximum absolute atomic E-state index is 12.4. The van der Waals surface area contributed by atoms with Crippen molar-refractivity contribution in [3.05, 3.63) is 24.3 Å². The van der Waals surface area contributed by atoms with Crippen LogP contribution in [-0.2, 0) is 14.3 Å². The first-order valence-corrected chi connectivity index (χ1v) is 24.1. The van der Waals surface area contributed by atoms with Gasteiger partial charge in [-0.1, -0.05) is 205 Å². The van der Waals surface area contributed by atoms with Crippen molar-refractivity contribution in [2.45, 2.75) is 264 Å². The summed E-state index contributed by atoms with van der Waals surface area (Å²) >= 11 is 0. The molecule has 0 aromatic heterocycles. The molecule has 55 heavy (non-hydrogen) atoms. The van der Waals surface area contributed by atoms with Gasteiger partial charge in [-0.2, -0.15) is 0 Å². The Morgan fingerprint density at radius 2 is 0.855 bits per heavy atom. The molecule has 0 radical (unpaired) electrons. The molecule has 0 fully saturated rings. The number of amides is 1. The normalized spacial score (nSPS) is 12.9. The van der Waals surface area contributed by atoms with E-state index in [0.717, 1.165) is 57.8 Å². The Labute approximate surface area is 341 Å². The fourth-order valence-corrected chi connectivity index (χ4v) is 7.21. The maximum atomic E-state index is 12.4. The van der Waals surface area contributed by atoms with Crippen LogP contribution in [0.5, 0.6) is 0 Å². The van der Waals surface area contributed by atoms with Gasteiger partial charge in [-0.05, 0) is 57.8 Å². The second-order valence-corrected chi connectivity index (χ2v) is 16.4. The molecule has 2 atom stereocenters. The number of aliphatic hydroxyl groups is 2. The van der Waals surface area contributed by atoms with Gasteiger partial charge in [0.15, 0.2) is 0 Å².